The number of urea groups is 1. The minimum absolute atomic E-state index is 0.135. The van der Waals surface area contributed by atoms with Crippen LogP contribution in [0, 0.1) is 0 Å². The molecule has 2 N–H and O–H groups in total. The summed E-state index contributed by atoms with van der Waals surface area (Å²) in [6, 6.07) is 12.7. The maximum absolute atomic E-state index is 13.9. The average Bonchev–Trinajstić information content (AvgIpc) is 2.97. The van der Waals surface area contributed by atoms with Crippen molar-refractivity contribution >= 4 is 17.8 Å². The number of benzene rings is 2. The van der Waals surface area contributed by atoms with Crippen molar-refractivity contribution in [1.82, 2.24) is 15.5 Å². The highest BCUT2D eigenvalue weighted by Crippen LogP contribution is 2.34. The number of hydrogen-bond acceptors (Lipinski definition) is 4. The molecule has 2 aromatic rings. The minimum Gasteiger partial charge on any atom is -0.497 e. The molecule has 7 nitrogen and oxygen atoms in total. The van der Waals surface area contributed by atoms with Crippen LogP contribution in [0.5, 0.6) is 5.75 Å². The fourth-order valence-electron chi connectivity index (χ4n) is 3.00. The van der Waals surface area contributed by atoms with Crippen LogP contribution in [0.1, 0.15) is 15.9 Å². The number of hydrogen-bond donors (Lipinski definition) is 2. The standard InChI is InChI=1S/C20H18F3N3O4/c1-30-15-9-7-14(8-10-15)16(27)24-19(20(21,22)23)17(28)26(18(29)25-19)12-11-13-5-3-2-4-6-13/h2-10H,11-12H2,1H3,(H,24,27)(H,25,29)/t19-/m0/s1. The number of methoxy groups -OCH3 is 1. The van der Waals surface area contributed by atoms with Gasteiger partial charge in [-0.15, -0.1) is 0 Å². The normalized spacial score (nSPS) is 18.9. The Bertz CT molecular complexity index is 948. The van der Waals surface area contributed by atoms with E-state index in [0.29, 0.717) is 10.6 Å². The number of carbonyl (C=O) groups is 3. The second-order valence-electron chi connectivity index (χ2n) is 6.55. The SMILES string of the molecule is COc1ccc(C(=O)N[C@]2(C(F)(F)F)NC(=O)N(CCc3ccccc3)C2=O)cc1. The summed E-state index contributed by atoms with van der Waals surface area (Å²) in [5, 5.41) is 3.29. The van der Waals surface area contributed by atoms with E-state index in [0.717, 1.165) is 5.56 Å². The molecule has 30 heavy (non-hydrogen) atoms. The first kappa shape index (κ1) is 21.2. The Morgan fingerprint density at radius 3 is 2.30 bits per heavy atom. The molecule has 0 unspecified atom stereocenters. The smallest absolute Gasteiger partial charge is 0.440 e. The van der Waals surface area contributed by atoms with Gasteiger partial charge in [-0.25, -0.2) is 4.79 Å². The molecule has 10 heteroatoms. The van der Waals surface area contributed by atoms with Crippen LogP contribution in [-0.4, -0.2) is 48.2 Å². The topological polar surface area (TPSA) is 87.7 Å². The van der Waals surface area contributed by atoms with E-state index < -0.39 is 29.7 Å². The van der Waals surface area contributed by atoms with Gasteiger partial charge >= 0.3 is 12.2 Å². The zero-order chi connectivity index (χ0) is 21.9. The van der Waals surface area contributed by atoms with E-state index in [1.807, 2.05) is 0 Å². The van der Waals surface area contributed by atoms with Gasteiger partial charge in [0.25, 0.3) is 17.5 Å². The number of nitrogens with zero attached hydrogens (tertiary/aromatic N) is 1. The summed E-state index contributed by atoms with van der Waals surface area (Å²) < 4.78 is 46.6. The third-order valence-electron chi connectivity index (χ3n) is 4.65. The Morgan fingerprint density at radius 1 is 1.10 bits per heavy atom. The van der Waals surface area contributed by atoms with Gasteiger partial charge in [0.1, 0.15) is 5.75 Å². The molecule has 0 radical (unpaired) electrons. The lowest BCUT2D eigenvalue weighted by Crippen LogP contribution is -2.69. The van der Waals surface area contributed by atoms with Crippen molar-refractivity contribution in [3.05, 3.63) is 65.7 Å². The zero-order valence-corrected chi connectivity index (χ0v) is 15.8. The van der Waals surface area contributed by atoms with Gasteiger partial charge in [-0.1, -0.05) is 30.3 Å². The predicted molar refractivity (Wildman–Crippen MR) is 99.6 cm³/mol. The lowest BCUT2D eigenvalue weighted by Gasteiger charge is -2.29. The lowest BCUT2D eigenvalue weighted by molar-refractivity contribution is -0.200. The highest BCUT2D eigenvalue weighted by Gasteiger charge is 2.68. The van der Waals surface area contributed by atoms with E-state index in [1.54, 1.807) is 41.0 Å². The van der Waals surface area contributed by atoms with Gasteiger partial charge < -0.3 is 10.1 Å². The van der Waals surface area contributed by atoms with E-state index in [-0.39, 0.29) is 18.5 Å². The summed E-state index contributed by atoms with van der Waals surface area (Å²) in [5.41, 5.74) is -2.94. The van der Waals surface area contributed by atoms with Crippen molar-refractivity contribution in [2.45, 2.75) is 18.3 Å². The second-order valence-corrected chi connectivity index (χ2v) is 6.55. The first-order valence-electron chi connectivity index (χ1n) is 8.89. The van der Waals surface area contributed by atoms with Crippen LogP contribution in [0.15, 0.2) is 54.6 Å². The van der Waals surface area contributed by atoms with Crippen LogP contribution >= 0.6 is 0 Å². The monoisotopic (exact) mass is 421 g/mol. The number of ether oxygens (including phenoxy) is 1. The fraction of sp³-hybridized carbons (Fsp3) is 0.250. The summed E-state index contributed by atoms with van der Waals surface area (Å²) in [7, 11) is 1.39. The number of amides is 4. The van der Waals surface area contributed by atoms with Gasteiger partial charge in [0.2, 0.25) is 0 Å². The van der Waals surface area contributed by atoms with E-state index in [1.165, 1.54) is 31.4 Å². The van der Waals surface area contributed by atoms with Crippen molar-refractivity contribution in [3.63, 3.8) is 0 Å². The number of alkyl halides is 3. The molecule has 1 saturated heterocycles. The number of nitrogens with one attached hydrogen (secondary N) is 2. The molecule has 1 aliphatic rings. The predicted octanol–water partition coefficient (Wildman–Crippen LogP) is 2.48. The molecule has 158 valence electrons. The highest BCUT2D eigenvalue weighted by molar-refractivity contribution is 6.10. The van der Waals surface area contributed by atoms with Gasteiger partial charge in [-0.05, 0) is 36.2 Å². The van der Waals surface area contributed by atoms with Crippen LogP contribution < -0.4 is 15.4 Å². The average molecular weight is 421 g/mol. The van der Waals surface area contributed by atoms with Crippen molar-refractivity contribution < 1.29 is 32.3 Å². The molecule has 1 heterocycles. The highest BCUT2D eigenvalue weighted by atomic mass is 19.4. The Morgan fingerprint density at radius 2 is 1.73 bits per heavy atom. The van der Waals surface area contributed by atoms with Crippen molar-refractivity contribution in [2.24, 2.45) is 0 Å². The van der Waals surface area contributed by atoms with Crippen molar-refractivity contribution in [1.29, 1.82) is 0 Å². The summed E-state index contributed by atoms with van der Waals surface area (Å²) in [6.45, 7) is -0.273. The molecular formula is C20H18F3N3O4. The summed E-state index contributed by atoms with van der Waals surface area (Å²) in [5.74, 6) is -2.36. The molecule has 3 rings (SSSR count). The second kappa shape index (κ2) is 8.05. The molecule has 2 aromatic carbocycles. The Balaban J connectivity index is 1.83. The zero-order valence-electron chi connectivity index (χ0n) is 15.8. The van der Waals surface area contributed by atoms with Crippen LogP contribution in [0.25, 0.3) is 0 Å². The minimum atomic E-state index is -5.26. The Labute approximate surface area is 169 Å². The van der Waals surface area contributed by atoms with E-state index in [2.05, 4.69) is 0 Å². The molecule has 0 aromatic heterocycles. The number of imide groups is 1. The fourth-order valence-corrected chi connectivity index (χ4v) is 3.00. The first-order chi connectivity index (χ1) is 14.2. The lowest BCUT2D eigenvalue weighted by atomic mass is 10.1. The number of rotatable bonds is 6. The van der Waals surface area contributed by atoms with Gasteiger partial charge in [-0.2, -0.15) is 13.2 Å². The molecular weight excluding hydrogens is 403 g/mol. The third kappa shape index (κ3) is 3.93. The molecule has 4 amide bonds. The molecule has 0 saturated carbocycles. The summed E-state index contributed by atoms with van der Waals surface area (Å²) >= 11 is 0. The largest absolute Gasteiger partial charge is 0.497 e. The van der Waals surface area contributed by atoms with E-state index in [4.69, 9.17) is 4.74 Å². The molecule has 1 atom stereocenters. The van der Waals surface area contributed by atoms with Crippen molar-refractivity contribution in [2.75, 3.05) is 13.7 Å². The molecule has 1 aliphatic heterocycles. The van der Waals surface area contributed by atoms with E-state index >= 15 is 0 Å². The number of halogens is 3. The third-order valence-corrected chi connectivity index (χ3v) is 4.65. The van der Waals surface area contributed by atoms with Gasteiger partial charge in [0.05, 0.1) is 7.11 Å². The maximum atomic E-state index is 13.9. The molecule has 0 bridgehead atoms. The molecule has 0 aliphatic carbocycles. The van der Waals surface area contributed by atoms with Crippen LogP contribution in [0.4, 0.5) is 18.0 Å². The van der Waals surface area contributed by atoms with E-state index in [9.17, 15) is 27.6 Å². The van der Waals surface area contributed by atoms with Gasteiger partial charge in [-0.3, -0.25) is 19.8 Å². The van der Waals surface area contributed by atoms with Crippen LogP contribution in [0.3, 0.4) is 0 Å². The first-order valence-corrected chi connectivity index (χ1v) is 8.89. The summed E-state index contributed by atoms with van der Waals surface area (Å²) in [6.07, 6.45) is -5.09. The Kier molecular flexibility index (Phi) is 5.68. The van der Waals surface area contributed by atoms with Gasteiger partial charge in [0.15, 0.2) is 0 Å². The molecule has 0 spiro atoms. The van der Waals surface area contributed by atoms with Gasteiger partial charge in [0, 0.05) is 12.1 Å². The summed E-state index contributed by atoms with van der Waals surface area (Å²) in [4.78, 5) is 37.7. The number of carbonyl (C=O) groups excluding carboxylic acids is 3. The molecule has 1 fully saturated rings. The quantitative estimate of drug-likeness (QED) is 0.702. The van der Waals surface area contributed by atoms with Crippen LogP contribution in [-0.2, 0) is 11.2 Å². The maximum Gasteiger partial charge on any atom is 0.440 e. The van der Waals surface area contributed by atoms with Crippen LogP contribution in [0.2, 0.25) is 0 Å². The Hall–Kier alpha value is -3.56. The van der Waals surface area contributed by atoms with Crippen molar-refractivity contribution in [3.8, 4) is 5.75 Å².